The summed E-state index contributed by atoms with van der Waals surface area (Å²) in [5, 5.41) is 10.8. The van der Waals surface area contributed by atoms with Crippen molar-refractivity contribution in [3.8, 4) is 0 Å². The van der Waals surface area contributed by atoms with Gasteiger partial charge in [-0.3, -0.25) is 57.5 Å². The van der Waals surface area contributed by atoms with E-state index in [1.54, 1.807) is 34.6 Å². The third-order valence-electron chi connectivity index (χ3n) is 15.8. The molecule has 86 heavy (non-hydrogen) atoms. The van der Waals surface area contributed by atoms with Gasteiger partial charge in [-0.1, -0.05) is 96.9 Å². The van der Waals surface area contributed by atoms with Crippen molar-refractivity contribution in [1.82, 2.24) is 55.6 Å². The van der Waals surface area contributed by atoms with Crippen molar-refractivity contribution in [2.45, 2.75) is 216 Å². The number of carbonyl (C=O) groups excluding carboxylic acids is 13. The molecule has 12 atom stereocenters. The van der Waals surface area contributed by atoms with Crippen LogP contribution in [0.5, 0.6) is 0 Å². The summed E-state index contributed by atoms with van der Waals surface area (Å²) in [4.78, 5) is 194. The quantitative estimate of drug-likeness (QED) is 0.135. The molecule has 0 radical (unpaired) electrons. The van der Waals surface area contributed by atoms with Crippen molar-refractivity contribution >= 4 is 77.2 Å². The lowest BCUT2D eigenvalue weighted by atomic mass is 9.93. The standard InChI is InChI=1S/C61H107N11O14/c1-25-42-57(81)66(18)30-47(75)67(19)43(26-32(2)3)54(78)65-48(36(10)11)60(84)68(20)44(27-33(4)5)53(77)62-39(15)52(76)63-40(16)56(80)69(21)45(28-34(6)7)58(82)70(22)46(29-35(8)9)59(83)71(23)49(37(12)13)61(85)72(24)50(55(79)64-42)51(38(14)31-73)86-41(17)74/h31-40,42-46,48-51H,25-30H2,1-24H3,(H,62,77)(H,63,76)(H,64,79)(H,65,78)/t38-,39+,40-,42+,43+,44+,45+,46+,48+,49+,50?,51-/m1/s1. The van der Waals surface area contributed by atoms with Crippen molar-refractivity contribution in [1.29, 1.82) is 0 Å². The number of amides is 11. The largest absolute Gasteiger partial charge is 0.459 e. The Kier molecular flexibility index (Phi) is 31.1. The fraction of sp³-hybridized carbons (Fsp3) is 0.787. The molecule has 1 aliphatic heterocycles. The Labute approximate surface area is 511 Å². The molecule has 1 rings (SSSR count). The van der Waals surface area contributed by atoms with Gasteiger partial charge in [-0.25, -0.2) is 0 Å². The maximum Gasteiger partial charge on any atom is 0.303 e. The highest BCUT2D eigenvalue weighted by atomic mass is 16.5. The van der Waals surface area contributed by atoms with E-state index in [9.17, 15) is 52.7 Å². The van der Waals surface area contributed by atoms with Crippen molar-refractivity contribution in [3.05, 3.63) is 0 Å². The predicted octanol–water partition coefficient (Wildman–Crippen LogP) is 2.07. The van der Waals surface area contributed by atoms with Crippen molar-refractivity contribution in [2.75, 3.05) is 55.9 Å². The van der Waals surface area contributed by atoms with Crippen molar-refractivity contribution in [2.24, 2.45) is 41.4 Å². The molecule has 1 aliphatic rings. The molecule has 0 spiro atoms. The number of esters is 1. The van der Waals surface area contributed by atoms with E-state index < -0.39 is 162 Å². The Morgan fingerprint density at radius 1 is 0.477 bits per heavy atom. The van der Waals surface area contributed by atoms with Gasteiger partial charge in [-0.15, -0.1) is 0 Å². The van der Waals surface area contributed by atoms with E-state index in [0.29, 0.717) is 6.29 Å². The lowest BCUT2D eigenvalue weighted by molar-refractivity contribution is -0.164. The van der Waals surface area contributed by atoms with Gasteiger partial charge >= 0.3 is 5.97 Å². The second-order valence-corrected chi connectivity index (χ2v) is 25.9. The Balaban J connectivity index is 4.38. The van der Waals surface area contributed by atoms with Gasteiger partial charge in [0.2, 0.25) is 65.0 Å². The molecule has 4 N–H and O–H groups in total. The minimum Gasteiger partial charge on any atom is -0.459 e. The number of hydrogen-bond acceptors (Lipinski definition) is 14. The van der Waals surface area contributed by atoms with E-state index in [2.05, 4.69) is 21.3 Å². The van der Waals surface area contributed by atoms with Crippen LogP contribution < -0.4 is 21.3 Å². The van der Waals surface area contributed by atoms with Gasteiger partial charge in [0.1, 0.15) is 72.8 Å². The van der Waals surface area contributed by atoms with Crippen molar-refractivity contribution in [3.63, 3.8) is 0 Å². The molecule has 11 amide bonds. The first-order valence-corrected chi connectivity index (χ1v) is 30.3. The Bertz CT molecular complexity index is 2400. The SMILES string of the molecule is CC[C@@H]1NC(=O)C([C@H](OC(C)=O)[C@H](C)C=O)N(C)C(=O)[C@H](C(C)C)N(C)C(=O)[C@H](CC(C)C)N(C)C(=O)[C@H](CC(C)C)N(C)C(=O)[C@@H](C)NC(=O)[C@H](C)NC(=O)[C@H](CC(C)C)N(C)C(=O)[C@H](C(C)C)NC(=O)[C@H](CC(C)C)N(C)C(=O)CN(C)C1=O. The van der Waals surface area contributed by atoms with Gasteiger partial charge in [-0.05, 0) is 81.5 Å². The highest BCUT2D eigenvalue weighted by Crippen LogP contribution is 2.26. The van der Waals surface area contributed by atoms with Crippen LogP contribution in [0.1, 0.15) is 150 Å². The average molecular weight is 1220 g/mol. The molecule has 0 bridgehead atoms. The molecule has 490 valence electrons. The predicted molar refractivity (Wildman–Crippen MR) is 325 cm³/mol. The number of rotatable bonds is 15. The number of aldehydes is 1. The maximum absolute atomic E-state index is 15.2. The van der Waals surface area contributed by atoms with Gasteiger partial charge in [0, 0.05) is 56.3 Å². The summed E-state index contributed by atoms with van der Waals surface area (Å²) in [6.07, 6.45) is -0.776. The highest BCUT2D eigenvalue weighted by molar-refractivity contribution is 6.00. The number of ether oxygens (including phenoxy) is 1. The lowest BCUT2D eigenvalue weighted by Crippen LogP contribution is -2.64. The number of carbonyl (C=O) groups is 13. The monoisotopic (exact) mass is 1220 g/mol. The number of nitrogens with zero attached hydrogens (tertiary/aromatic N) is 7. The zero-order valence-corrected chi connectivity index (χ0v) is 56.1. The van der Waals surface area contributed by atoms with E-state index in [1.165, 1.54) is 94.6 Å². The van der Waals surface area contributed by atoms with Crippen LogP contribution >= 0.6 is 0 Å². The van der Waals surface area contributed by atoms with Crippen LogP contribution in [0.3, 0.4) is 0 Å². The molecule has 0 aliphatic carbocycles. The number of nitrogens with one attached hydrogen (secondary N) is 4. The molecular formula is C61H107N11O14. The van der Waals surface area contributed by atoms with E-state index in [-0.39, 0.29) is 55.8 Å². The molecule has 0 aromatic carbocycles. The summed E-state index contributed by atoms with van der Waals surface area (Å²) < 4.78 is 5.63. The first-order valence-electron chi connectivity index (χ1n) is 30.3. The molecular weight excluding hydrogens is 1110 g/mol. The minimum atomic E-state index is -1.81. The van der Waals surface area contributed by atoms with E-state index >= 15 is 9.59 Å². The molecule has 1 heterocycles. The maximum atomic E-state index is 15.2. The van der Waals surface area contributed by atoms with Crippen LogP contribution in [0.4, 0.5) is 0 Å². The normalized spacial score (nSPS) is 26.5. The highest BCUT2D eigenvalue weighted by Gasteiger charge is 2.47. The van der Waals surface area contributed by atoms with Gasteiger partial charge < -0.3 is 65.1 Å². The fourth-order valence-electron chi connectivity index (χ4n) is 10.6. The second kappa shape index (κ2) is 34.6. The van der Waals surface area contributed by atoms with E-state index in [0.717, 1.165) is 16.7 Å². The zero-order chi connectivity index (χ0) is 66.8. The van der Waals surface area contributed by atoms with Gasteiger partial charge in [-0.2, -0.15) is 0 Å². The number of hydrogen-bond donors (Lipinski definition) is 4. The van der Waals surface area contributed by atoms with Crippen LogP contribution in [0.25, 0.3) is 0 Å². The molecule has 25 nitrogen and oxygen atoms in total. The third kappa shape index (κ3) is 21.3. The molecule has 1 saturated heterocycles. The smallest absolute Gasteiger partial charge is 0.303 e. The first kappa shape index (κ1) is 77.3. The Morgan fingerprint density at radius 2 is 0.884 bits per heavy atom. The lowest BCUT2D eigenvalue weighted by Gasteiger charge is -2.42. The van der Waals surface area contributed by atoms with E-state index in [4.69, 9.17) is 4.74 Å². The van der Waals surface area contributed by atoms with E-state index in [1.807, 2.05) is 55.4 Å². The molecule has 1 unspecified atom stereocenters. The Hall–Kier alpha value is -6.69. The van der Waals surface area contributed by atoms with Gasteiger partial charge in [0.05, 0.1) is 12.5 Å². The van der Waals surface area contributed by atoms with Crippen LogP contribution in [0, 0.1) is 41.4 Å². The van der Waals surface area contributed by atoms with Crippen LogP contribution in [-0.2, 0) is 67.1 Å². The summed E-state index contributed by atoms with van der Waals surface area (Å²) in [6, 6.07) is -13.0. The summed E-state index contributed by atoms with van der Waals surface area (Å²) >= 11 is 0. The van der Waals surface area contributed by atoms with Gasteiger partial charge in [0.25, 0.3) is 0 Å². The topological polar surface area (TPSA) is 302 Å². The summed E-state index contributed by atoms with van der Waals surface area (Å²) in [5.74, 6) is -12.1. The number of likely N-dealkylation sites (N-methyl/N-ethyl adjacent to an activating group) is 7. The van der Waals surface area contributed by atoms with Crippen LogP contribution in [-0.4, -0.2) is 234 Å². The molecule has 0 aromatic rings. The molecule has 25 heteroatoms. The molecule has 1 fully saturated rings. The summed E-state index contributed by atoms with van der Waals surface area (Å²) in [5.41, 5.74) is 0. The van der Waals surface area contributed by atoms with Crippen LogP contribution in [0.2, 0.25) is 0 Å². The van der Waals surface area contributed by atoms with Crippen LogP contribution in [0.15, 0.2) is 0 Å². The third-order valence-corrected chi connectivity index (χ3v) is 15.8. The second-order valence-electron chi connectivity index (χ2n) is 25.9. The summed E-state index contributed by atoms with van der Waals surface area (Å²) in [6.45, 7) is 27.7. The zero-order valence-electron chi connectivity index (χ0n) is 56.1. The fourth-order valence-corrected chi connectivity index (χ4v) is 10.6. The minimum absolute atomic E-state index is 0.0632. The molecule has 0 saturated carbocycles. The summed E-state index contributed by atoms with van der Waals surface area (Å²) in [7, 11) is 9.57. The first-order chi connectivity index (χ1) is 39.6. The van der Waals surface area contributed by atoms with Gasteiger partial charge in [0.15, 0.2) is 0 Å². The van der Waals surface area contributed by atoms with Crippen molar-refractivity contribution < 1.29 is 67.1 Å². The Morgan fingerprint density at radius 3 is 1.31 bits per heavy atom. The average Bonchev–Trinajstić information content (AvgIpc) is 2.03. The molecule has 0 aromatic heterocycles.